The first-order chi connectivity index (χ1) is 38.4. The highest BCUT2D eigenvalue weighted by molar-refractivity contribution is 7.45. The molecule has 0 fully saturated rings. The summed E-state index contributed by atoms with van der Waals surface area (Å²) in [5, 5.41) is 3.04. The molecular formula is C69H133N2O7P. The van der Waals surface area contributed by atoms with Gasteiger partial charge in [-0.1, -0.05) is 308 Å². The van der Waals surface area contributed by atoms with E-state index in [4.69, 9.17) is 13.8 Å². The van der Waals surface area contributed by atoms with Gasteiger partial charge in [-0.3, -0.25) is 14.2 Å². The van der Waals surface area contributed by atoms with E-state index >= 15 is 0 Å². The van der Waals surface area contributed by atoms with Gasteiger partial charge in [-0.25, -0.2) is 0 Å². The number of unbranched alkanes of at least 4 members (excludes halogenated alkanes) is 44. The van der Waals surface area contributed by atoms with Crippen LogP contribution in [0.15, 0.2) is 36.5 Å². The number of hydrogen-bond donors (Lipinski definition) is 1. The Morgan fingerprint density at radius 3 is 1.14 bits per heavy atom. The molecule has 0 bridgehead atoms. The zero-order valence-corrected chi connectivity index (χ0v) is 54.2. The van der Waals surface area contributed by atoms with Crippen LogP contribution in [0.1, 0.15) is 342 Å². The summed E-state index contributed by atoms with van der Waals surface area (Å²) in [5.74, 6) is -0.537. The predicted octanol–water partition coefficient (Wildman–Crippen LogP) is 20.8. The van der Waals surface area contributed by atoms with Gasteiger partial charge in [0.25, 0.3) is 7.82 Å². The number of esters is 1. The first-order valence-electron chi connectivity index (χ1n) is 34.3. The summed E-state index contributed by atoms with van der Waals surface area (Å²) in [6.07, 6.45) is 72.7. The van der Waals surface area contributed by atoms with Crippen molar-refractivity contribution in [2.75, 3.05) is 40.9 Å². The number of phosphoric ester groups is 1. The molecule has 0 aliphatic heterocycles. The van der Waals surface area contributed by atoms with E-state index < -0.39 is 20.0 Å². The number of likely N-dealkylation sites (N-methyl/N-ethyl adjacent to an activating group) is 1. The van der Waals surface area contributed by atoms with Crippen LogP contribution in [0.3, 0.4) is 0 Å². The molecule has 0 radical (unpaired) electrons. The fourth-order valence-corrected chi connectivity index (χ4v) is 11.0. The number of nitrogens with one attached hydrogen (secondary N) is 1. The number of ether oxygens (including phenoxy) is 1. The molecule has 0 saturated heterocycles. The van der Waals surface area contributed by atoms with Gasteiger partial charge >= 0.3 is 5.97 Å². The van der Waals surface area contributed by atoms with E-state index in [1.165, 1.54) is 231 Å². The minimum atomic E-state index is -4.70. The summed E-state index contributed by atoms with van der Waals surface area (Å²) in [5.41, 5.74) is 0. The molecule has 466 valence electrons. The van der Waals surface area contributed by atoms with Crippen molar-refractivity contribution in [1.29, 1.82) is 0 Å². The SMILES string of the molecule is CCCCC/C=C/C=C/CCCCCCCCC(=O)OC(/C=C\CCCCCCCCCCCCC)C(COP(=O)([O-])OCC[N+](C)(C)C)NC(=O)CCCCCCCCCCCCCCCCCCCCCCCCCCC. The Morgan fingerprint density at radius 1 is 0.443 bits per heavy atom. The third-order valence-electron chi connectivity index (χ3n) is 15.6. The third kappa shape index (κ3) is 60.6. The Balaban J connectivity index is 5.06. The molecule has 3 unspecified atom stereocenters. The molecule has 0 heterocycles. The Hall–Kier alpha value is -1.77. The van der Waals surface area contributed by atoms with Crippen molar-refractivity contribution in [3.63, 3.8) is 0 Å². The van der Waals surface area contributed by atoms with Gasteiger partial charge in [-0.15, -0.1) is 0 Å². The average Bonchev–Trinajstić information content (AvgIpc) is 3.41. The van der Waals surface area contributed by atoms with Crippen LogP contribution in [-0.4, -0.2) is 69.4 Å². The molecule has 0 aliphatic carbocycles. The molecule has 0 saturated carbocycles. The van der Waals surface area contributed by atoms with Crippen molar-refractivity contribution in [3.8, 4) is 0 Å². The minimum absolute atomic E-state index is 0.0218. The van der Waals surface area contributed by atoms with Crippen LogP contribution in [-0.2, 0) is 27.9 Å². The van der Waals surface area contributed by atoms with E-state index in [-0.39, 0.29) is 31.5 Å². The van der Waals surface area contributed by atoms with E-state index in [1.54, 1.807) is 0 Å². The summed E-state index contributed by atoms with van der Waals surface area (Å²) < 4.78 is 30.4. The first-order valence-corrected chi connectivity index (χ1v) is 35.8. The number of carbonyl (C=O) groups is 2. The number of quaternary nitrogens is 1. The molecule has 10 heteroatoms. The molecule has 3 atom stereocenters. The van der Waals surface area contributed by atoms with Gasteiger partial charge < -0.3 is 28.5 Å². The largest absolute Gasteiger partial charge is 0.756 e. The maximum Gasteiger partial charge on any atom is 0.306 e. The number of nitrogens with zero attached hydrogens (tertiary/aromatic N) is 1. The van der Waals surface area contributed by atoms with Gasteiger partial charge in [0, 0.05) is 12.8 Å². The van der Waals surface area contributed by atoms with Crippen molar-refractivity contribution < 1.29 is 37.3 Å². The highest BCUT2D eigenvalue weighted by atomic mass is 31.2. The Labute approximate surface area is 491 Å². The lowest BCUT2D eigenvalue weighted by atomic mass is 10.0. The molecule has 79 heavy (non-hydrogen) atoms. The van der Waals surface area contributed by atoms with Crippen LogP contribution in [0.4, 0.5) is 0 Å². The van der Waals surface area contributed by atoms with E-state index in [2.05, 4.69) is 50.4 Å². The first kappa shape index (κ1) is 77.2. The minimum Gasteiger partial charge on any atom is -0.756 e. The molecule has 1 N–H and O–H groups in total. The van der Waals surface area contributed by atoms with Crippen LogP contribution in [0.2, 0.25) is 0 Å². The second kappa shape index (κ2) is 59.4. The number of amides is 1. The van der Waals surface area contributed by atoms with Gasteiger partial charge in [0.2, 0.25) is 5.91 Å². The second-order valence-electron chi connectivity index (χ2n) is 24.7. The Bertz CT molecular complexity index is 1450. The van der Waals surface area contributed by atoms with Gasteiger partial charge in [-0.05, 0) is 57.4 Å². The molecule has 9 nitrogen and oxygen atoms in total. The van der Waals surface area contributed by atoms with Crippen molar-refractivity contribution in [1.82, 2.24) is 5.32 Å². The molecule has 0 aliphatic rings. The lowest BCUT2D eigenvalue weighted by Gasteiger charge is -2.30. The maximum absolute atomic E-state index is 13.6. The van der Waals surface area contributed by atoms with Crippen molar-refractivity contribution in [3.05, 3.63) is 36.5 Å². The topological polar surface area (TPSA) is 114 Å². The van der Waals surface area contributed by atoms with Crippen LogP contribution >= 0.6 is 7.82 Å². The smallest absolute Gasteiger partial charge is 0.306 e. The van der Waals surface area contributed by atoms with Crippen molar-refractivity contribution >= 4 is 19.7 Å². The van der Waals surface area contributed by atoms with Crippen LogP contribution < -0.4 is 10.2 Å². The van der Waals surface area contributed by atoms with Crippen LogP contribution in [0.25, 0.3) is 0 Å². The third-order valence-corrected chi connectivity index (χ3v) is 16.6. The van der Waals surface area contributed by atoms with Gasteiger partial charge in [-0.2, -0.15) is 0 Å². The fraction of sp³-hybridized carbons (Fsp3) is 0.884. The normalized spacial score (nSPS) is 13.8. The molecule has 1 amide bonds. The quantitative estimate of drug-likeness (QED) is 0.0161. The van der Waals surface area contributed by atoms with E-state index in [1.807, 2.05) is 33.3 Å². The van der Waals surface area contributed by atoms with Gasteiger partial charge in [0.1, 0.15) is 19.3 Å². The van der Waals surface area contributed by atoms with Crippen LogP contribution in [0, 0.1) is 0 Å². The highest BCUT2D eigenvalue weighted by Crippen LogP contribution is 2.38. The van der Waals surface area contributed by atoms with Crippen LogP contribution in [0.5, 0.6) is 0 Å². The van der Waals surface area contributed by atoms with Gasteiger partial charge in [0.05, 0.1) is 33.8 Å². The van der Waals surface area contributed by atoms with Gasteiger partial charge in [0.15, 0.2) is 0 Å². The maximum atomic E-state index is 13.6. The number of carbonyl (C=O) groups excluding carboxylic acids is 2. The van der Waals surface area contributed by atoms with E-state index in [9.17, 15) is 19.0 Å². The lowest BCUT2D eigenvalue weighted by Crippen LogP contribution is -2.47. The van der Waals surface area contributed by atoms with E-state index in [0.717, 1.165) is 77.0 Å². The standard InChI is InChI=1S/C69H133N2O7P/c1-7-10-13-16-19-22-25-28-30-31-32-33-34-35-36-37-38-39-41-43-46-49-52-55-58-61-68(72)70-66(65-77-79(74,75)76-64-63-71(4,5)6)67(60-57-54-51-48-45-42-27-24-21-18-15-12-9-3)78-69(73)62-59-56-53-50-47-44-40-29-26-23-20-17-14-11-8-2/h20,23,26,29,57,60,66-67H,7-19,21-22,24-25,27-28,30-56,58-59,61-65H2,1-6H3,(H-,70,72,74,75)/b23-20+,29-26+,60-57-. The number of allylic oxidation sites excluding steroid dienone is 5. The lowest BCUT2D eigenvalue weighted by molar-refractivity contribution is -0.870. The molecule has 0 spiro atoms. The summed E-state index contributed by atoms with van der Waals surface area (Å²) in [4.78, 5) is 40.1. The van der Waals surface area contributed by atoms with Crippen molar-refractivity contribution in [2.45, 2.75) is 354 Å². The summed E-state index contributed by atoms with van der Waals surface area (Å²) in [7, 11) is 1.19. The average molecular weight is 1130 g/mol. The zero-order chi connectivity index (χ0) is 57.9. The molecule has 0 aromatic rings. The molecular weight excluding hydrogens is 1000 g/mol. The molecule has 0 aromatic carbocycles. The zero-order valence-electron chi connectivity index (χ0n) is 53.3. The summed E-state index contributed by atoms with van der Waals surface area (Å²) in [6, 6.07) is -0.890. The highest BCUT2D eigenvalue weighted by Gasteiger charge is 2.27. The Kier molecular flexibility index (Phi) is 58.1. The Morgan fingerprint density at radius 2 is 0.759 bits per heavy atom. The number of rotatable bonds is 63. The van der Waals surface area contributed by atoms with E-state index in [0.29, 0.717) is 17.4 Å². The van der Waals surface area contributed by atoms with Crippen molar-refractivity contribution in [2.24, 2.45) is 0 Å². The number of phosphoric acid groups is 1. The molecule has 0 rings (SSSR count). The predicted molar refractivity (Wildman–Crippen MR) is 340 cm³/mol. The molecule has 0 aromatic heterocycles. The second-order valence-corrected chi connectivity index (χ2v) is 26.1. The summed E-state index contributed by atoms with van der Waals surface area (Å²) in [6.45, 7) is 6.86. The number of hydrogen-bond acceptors (Lipinski definition) is 7. The summed E-state index contributed by atoms with van der Waals surface area (Å²) >= 11 is 0. The monoisotopic (exact) mass is 1130 g/mol. The fourth-order valence-electron chi connectivity index (χ4n) is 10.3.